The van der Waals surface area contributed by atoms with Gasteiger partial charge in [-0.3, -0.25) is 0 Å². The van der Waals surface area contributed by atoms with E-state index in [-0.39, 0.29) is 0 Å². The number of pyridine rings is 2. The molecule has 0 bridgehead atoms. The fourth-order valence-corrected chi connectivity index (χ4v) is 5.07. The molecule has 0 aliphatic carbocycles. The van der Waals surface area contributed by atoms with E-state index in [9.17, 15) is 0 Å². The van der Waals surface area contributed by atoms with E-state index in [1.54, 1.807) is 22.7 Å². The van der Waals surface area contributed by atoms with Crippen molar-refractivity contribution >= 4 is 33.4 Å². The third-order valence-corrected chi connectivity index (χ3v) is 6.87. The van der Waals surface area contributed by atoms with Gasteiger partial charge in [0, 0.05) is 34.3 Å². The molecule has 4 aromatic heterocycles. The molecule has 6 aromatic rings. The van der Waals surface area contributed by atoms with Crippen LogP contribution in [-0.4, -0.2) is 19.9 Å². The van der Waals surface area contributed by atoms with Gasteiger partial charge >= 0.3 is 0 Å². The van der Waals surface area contributed by atoms with Gasteiger partial charge in [-0.05, 0) is 35.0 Å². The number of aromatic nitrogens is 4. The molecule has 0 atom stereocenters. The number of hydrogen-bond acceptors (Lipinski definition) is 6. The van der Waals surface area contributed by atoms with Gasteiger partial charge in [-0.15, -0.1) is 22.7 Å². The van der Waals surface area contributed by atoms with Gasteiger partial charge in [0.05, 0.1) is 22.8 Å². The quantitative estimate of drug-likeness (QED) is 0.286. The maximum absolute atomic E-state index is 4.91. The van der Waals surface area contributed by atoms with Crippen LogP contribution in [0.15, 0.2) is 96.0 Å². The summed E-state index contributed by atoms with van der Waals surface area (Å²) in [6.45, 7) is 0. The second-order valence-corrected chi connectivity index (χ2v) is 8.99. The molecule has 0 aliphatic heterocycles. The summed E-state index contributed by atoms with van der Waals surface area (Å²) >= 11 is 3.19. The molecular formula is C26H16N4S2. The number of thiazole rings is 2. The van der Waals surface area contributed by atoms with E-state index in [0.717, 1.165) is 54.7 Å². The van der Waals surface area contributed by atoms with Crippen LogP contribution in [-0.2, 0) is 0 Å². The Hall–Kier alpha value is -3.74. The summed E-state index contributed by atoms with van der Waals surface area (Å²) in [5.74, 6) is 0. The number of benzene rings is 2. The molecule has 0 spiro atoms. The molecule has 0 unspecified atom stereocenters. The SMILES string of the molecule is c1cc(-c2nccs2)nc(-c2ccc(-c3cccc(-c4nccs4)n3)c3ccccc23)c1. The van der Waals surface area contributed by atoms with Crippen LogP contribution in [0.2, 0.25) is 0 Å². The van der Waals surface area contributed by atoms with Crippen LogP contribution in [0.4, 0.5) is 0 Å². The van der Waals surface area contributed by atoms with Gasteiger partial charge in [-0.2, -0.15) is 0 Å². The maximum Gasteiger partial charge on any atom is 0.141 e. The fraction of sp³-hybridized carbons (Fsp3) is 0. The normalized spacial score (nSPS) is 11.1. The third kappa shape index (κ3) is 3.39. The Bertz CT molecular complexity index is 1410. The summed E-state index contributed by atoms with van der Waals surface area (Å²) in [6, 6.07) is 24.9. The lowest BCUT2D eigenvalue weighted by molar-refractivity contribution is 1.29. The predicted octanol–water partition coefficient (Wildman–Crippen LogP) is 7.21. The van der Waals surface area contributed by atoms with Crippen molar-refractivity contribution in [2.75, 3.05) is 0 Å². The minimum atomic E-state index is 0.892. The molecule has 152 valence electrons. The van der Waals surface area contributed by atoms with E-state index in [2.05, 4.69) is 58.5 Å². The first-order valence-corrected chi connectivity index (χ1v) is 11.9. The van der Waals surface area contributed by atoms with Crippen LogP contribution >= 0.6 is 22.7 Å². The van der Waals surface area contributed by atoms with E-state index in [0.29, 0.717) is 0 Å². The summed E-state index contributed by atoms with van der Waals surface area (Å²) in [4.78, 5) is 18.6. The number of hydrogen-bond donors (Lipinski definition) is 0. The molecule has 4 nitrogen and oxygen atoms in total. The first-order valence-electron chi connectivity index (χ1n) is 10.1. The lowest BCUT2D eigenvalue weighted by Crippen LogP contribution is -1.92. The van der Waals surface area contributed by atoms with E-state index < -0.39 is 0 Å². The zero-order valence-corrected chi connectivity index (χ0v) is 18.5. The molecule has 0 saturated heterocycles. The Morgan fingerprint density at radius 3 is 1.38 bits per heavy atom. The second kappa shape index (κ2) is 8.07. The highest BCUT2D eigenvalue weighted by molar-refractivity contribution is 7.13. The molecular weight excluding hydrogens is 432 g/mol. The topological polar surface area (TPSA) is 51.6 Å². The molecule has 0 amide bonds. The fourth-order valence-electron chi connectivity index (χ4n) is 3.85. The average molecular weight is 449 g/mol. The van der Waals surface area contributed by atoms with Crippen molar-refractivity contribution in [2.45, 2.75) is 0 Å². The third-order valence-electron chi connectivity index (χ3n) is 5.28. The first kappa shape index (κ1) is 19.0. The van der Waals surface area contributed by atoms with Gasteiger partial charge in [0.15, 0.2) is 0 Å². The molecule has 0 N–H and O–H groups in total. The monoisotopic (exact) mass is 448 g/mol. The van der Waals surface area contributed by atoms with E-state index in [1.807, 2.05) is 47.4 Å². The molecule has 4 heterocycles. The highest BCUT2D eigenvalue weighted by Crippen LogP contribution is 2.36. The molecule has 0 saturated carbocycles. The van der Waals surface area contributed by atoms with Gasteiger partial charge in [0.1, 0.15) is 10.0 Å². The van der Waals surface area contributed by atoms with Crippen molar-refractivity contribution in [3.8, 4) is 43.9 Å². The van der Waals surface area contributed by atoms with Crippen LogP contribution in [0.25, 0.3) is 54.7 Å². The minimum absolute atomic E-state index is 0.892. The van der Waals surface area contributed by atoms with Gasteiger partial charge in [-0.1, -0.05) is 48.5 Å². The standard InChI is InChI=1S/C26H16N4S2/c1-2-6-18-17(5-1)19(21-7-3-9-23(29-21)25-27-13-15-31-25)11-12-20(18)22-8-4-10-24(30-22)26-28-14-16-32-26/h1-16H. The molecule has 6 rings (SSSR count). The van der Waals surface area contributed by atoms with Crippen LogP contribution < -0.4 is 0 Å². The molecule has 6 heteroatoms. The Balaban J connectivity index is 1.50. The Labute approximate surface area is 193 Å². The summed E-state index contributed by atoms with van der Waals surface area (Å²) in [7, 11) is 0. The lowest BCUT2D eigenvalue weighted by Gasteiger charge is -2.12. The van der Waals surface area contributed by atoms with E-state index >= 15 is 0 Å². The summed E-state index contributed by atoms with van der Waals surface area (Å²) in [5.41, 5.74) is 5.85. The van der Waals surface area contributed by atoms with Crippen LogP contribution in [0.3, 0.4) is 0 Å². The molecule has 2 aromatic carbocycles. The summed E-state index contributed by atoms with van der Waals surface area (Å²) in [6.07, 6.45) is 3.62. The highest BCUT2D eigenvalue weighted by Gasteiger charge is 2.13. The maximum atomic E-state index is 4.91. The van der Waals surface area contributed by atoms with Crippen LogP contribution in [0.1, 0.15) is 0 Å². The highest BCUT2D eigenvalue weighted by atomic mass is 32.1. The van der Waals surface area contributed by atoms with Crippen molar-refractivity contribution in [1.29, 1.82) is 0 Å². The molecule has 0 radical (unpaired) electrons. The first-order chi connectivity index (χ1) is 15.9. The van der Waals surface area contributed by atoms with Gasteiger partial charge in [0.25, 0.3) is 0 Å². The van der Waals surface area contributed by atoms with Crippen molar-refractivity contribution in [2.24, 2.45) is 0 Å². The second-order valence-electron chi connectivity index (χ2n) is 7.20. The van der Waals surface area contributed by atoms with Crippen molar-refractivity contribution in [3.05, 3.63) is 96.0 Å². The number of rotatable bonds is 4. The molecule has 0 aliphatic rings. The minimum Gasteiger partial charge on any atom is -0.245 e. The van der Waals surface area contributed by atoms with Gasteiger partial charge < -0.3 is 0 Å². The van der Waals surface area contributed by atoms with Crippen LogP contribution in [0.5, 0.6) is 0 Å². The largest absolute Gasteiger partial charge is 0.245 e. The molecule has 0 fully saturated rings. The smallest absolute Gasteiger partial charge is 0.141 e. The average Bonchev–Trinajstić information content (AvgIpc) is 3.59. The van der Waals surface area contributed by atoms with E-state index in [1.165, 1.54) is 0 Å². The Morgan fingerprint density at radius 1 is 0.469 bits per heavy atom. The van der Waals surface area contributed by atoms with Crippen LogP contribution in [0, 0.1) is 0 Å². The van der Waals surface area contributed by atoms with E-state index in [4.69, 9.17) is 9.97 Å². The van der Waals surface area contributed by atoms with Crippen molar-refractivity contribution in [1.82, 2.24) is 19.9 Å². The zero-order chi connectivity index (χ0) is 21.3. The number of fused-ring (bicyclic) bond motifs is 1. The predicted molar refractivity (Wildman–Crippen MR) is 133 cm³/mol. The Morgan fingerprint density at radius 2 is 0.938 bits per heavy atom. The van der Waals surface area contributed by atoms with Gasteiger partial charge in [0.2, 0.25) is 0 Å². The van der Waals surface area contributed by atoms with Crippen molar-refractivity contribution < 1.29 is 0 Å². The molecule has 32 heavy (non-hydrogen) atoms. The summed E-state index contributed by atoms with van der Waals surface area (Å²) in [5, 5.41) is 8.10. The summed E-state index contributed by atoms with van der Waals surface area (Å²) < 4.78 is 0. The van der Waals surface area contributed by atoms with Gasteiger partial charge in [-0.25, -0.2) is 19.9 Å². The Kier molecular flexibility index (Phi) is 4.79. The van der Waals surface area contributed by atoms with Crippen molar-refractivity contribution in [3.63, 3.8) is 0 Å². The number of nitrogens with zero attached hydrogens (tertiary/aromatic N) is 4. The zero-order valence-electron chi connectivity index (χ0n) is 16.8. The lowest BCUT2D eigenvalue weighted by atomic mass is 9.95.